The van der Waals surface area contributed by atoms with E-state index in [-0.39, 0.29) is 38.7 Å². The summed E-state index contributed by atoms with van der Waals surface area (Å²) in [4.78, 5) is 35.3. The third kappa shape index (κ3) is 15.3. The van der Waals surface area contributed by atoms with Crippen molar-refractivity contribution in [3.8, 4) is 0 Å². The Morgan fingerprint density at radius 2 is 1.33 bits per heavy atom. The highest BCUT2D eigenvalue weighted by molar-refractivity contribution is 6.27. The molecule has 0 aromatic rings. The smallest absolute Gasteiger partial charge is 0.329 e. The third-order valence-electron chi connectivity index (χ3n) is 2.94. The van der Waals surface area contributed by atoms with Gasteiger partial charge in [-0.05, 0) is 0 Å². The molecule has 0 rings (SSSR count). The van der Waals surface area contributed by atoms with E-state index in [1.54, 1.807) is 14.2 Å². The fourth-order valence-electron chi connectivity index (χ4n) is 1.66. The third-order valence-corrected chi connectivity index (χ3v) is 3.18. The van der Waals surface area contributed by atoms with Crippen LogP contribution in [-0.2, 0) is 42.8 Å². The molecular weight excluding hydrogens is 386 g/mol. The molecule has 10 nitrogen and oxygen atoms in total. The Morgan fingerprint density at radius 3 is 1.85 bits per heavy atom. The first-order valence-electron chi connectivity index (χ1n) is 8.36. The van der Waals surface area contributed by atoms with Gasteiger partial charge in [-0.2, -0.15) is 0 Å². The van der Waals surface area contributed by atoms with Gasteiger partial charge in [0.05, 0.1) is 46.1 Å². The van der Waals surface area contributed by atoms with Crippen molar-refractivity contribution < 1.29 is 42.8 Å². The summed E-state index contributed by atoms with van der Waals surface area (Å²) in [5.41, 5.74) is 0. The predicted octanol–water partition coefficient (Wildman–Crippen LogP) is -0.487. The molecule has 0 radical (unpaired) electrons. The van der Waals surface area contributed by atoms with Crippen LogP contribution in [0.4, 0.5) is 0 Å². The topological polar surface area (TPSA) is 119 Å². The summed E-state index contributed by atoms with van der Waals surface area (Å²) in [6, 6.07) is -1.20. The summed E-state index contributed by atoms with van der Waals surface area (Å²) in [7, 11) is 3.09. The molecule has 11 heteroatoms. The highest BCUT2D eigenvalue weighted by Crippen LogP contribution is 2.00. The van der Waals surface area contributed by atoms with Crippen LogP contribution in [0.15, 0.2) is 0 Å². The quantitative estimate of drug-likeness (QED) is 0.191. The number of rotatable bonds is 17. The molecule has 0 aromatic heterocycles. The number of esters is 2. The molecule has 1 atom stereocenters. The SMILES string of the molecule is COCCOCCOC(=O)C[C@H](NC(=O)CCl)C(=O)OCCOCCOC. The lowest BCUT2D eigenvalue weighted by Gasteiger charge is -2.16. The maximum absolute atomic E-state index is 12.1. The molecule has 0 aromatic carbocycles. The van der Waals surface area contributed by atoms with Crippen LogP contribution in [0.25, 0.3) is 0 Å². The Hall–Kier alpha value is -1.46. The molecule has 0 spiro atoms. The second-order valence-corrected chi connectivity index (χ2v) is 5.32. The highest BCUT2D eigenvalue weighted by atomic mass is 35.5. The van der Waals surface area contributed by atoms with Crippen LogP contribution in [0.2, 0.25) is 0 Å². The lowest BCUT2D eigenvalue weighted by Crippen LogP contribution is -2.44. The summed E-state index contributed by atoms with van der Waals surface area (Å²) >= 11 is 5.42. The summed E-state index contributed by atoms with van der Waals surface area (Å²) < 4.78 is 29.9. The van der Waals surface area contributed by atoms with Gasteiger partial charge in [0, 0.05) is 14.2 Å². The van der Waals surface area contributed by atoms with Crippen LogP contribution in [0, 0.1) is 0 Å². The van der Waals surface area contributed by atoms with Crippen LogP contribution >= 0.6 is 11.6 Å². The number of hydrogen-bond donors (Lipinski definition) is 1. The van der Waals surface area contributed by atoms with E-state index in [9.17, 15) is 14.4 Å². The van der Waals surface area contributed by atoms with Crippen LogP contribution < -0.4 is 5.32 Å². The van der Waals surface area contributed by atoms with Crippen molar-refractivity contribution in [3.05, 3.63) is 0 Å². The van der Waals surface area contributed by atoms with Crippen molar-refractivity contribution in [2.45, 2.75) is 12.5 Å². The van der Waals surface area contributed by atoms with E-state index in [4.69, 9.17) is 40.0 Å². The Bertz CT molecular complexity index is 423. The minimum atomic E-state index is -1.20. The molecule has 0 saturated heterocycles. The van der Waals surface area contributed by atoms with E-state index in [1.165, 1.54) is 0 Å². The van der Waals surface area contributed by atoms with Crippen LogP contribution in [0.5, 0.6) is 0 Å². The molecule has 1 amide bonds. The first-order valence-corrected chi connectivity index (χ1v) is 8.89. The summed E-state index contributed by atoms with van der Waals surface area (Å²) in [5.74, 6) is -2.42. The molecule has 0 unspecified atom stereocenters. The molecule has 0 bridgehead atoms. The van der Waals surface area contributed by atoms with Gasteiger partial charge in [-0.1, -0.05) is 0 Å². The lowest BCUT2D eigenvalue weighted by atomic mass is 10.2. The van der Waals surface area contributed by atoms with E-state index in [0.717, 1.165) is 0 Å². The molecule has 0 fully saturated rings. The number of methoxy groups -OCH3 is 2. The summed E-state index contributed by atoms with van der Waals surface area (Å²) in [6.45, 7) is 1.93. The summed E-state index contributed by atoms with van der Waals surface area (Å²) in [5, 5.41) is 2.32. The van der Waals surface area contributed by atoms with Gasteiger partial charge in [0.1, 0.15) is 25.1 Å². The largest absolute Gasteiger partial charge is 0.463 e. The van der Waals surface area contributed by atoms with Crippen LogP contribution in [0.3, 0.4) is 0 Å². The van der Waals surface area contributed by atoms with E-state index < -0.39 is 23.9 Å². The van der Waals surface area contributed by atoms with E-state index in [2.05, 4.69) is 5.32 Å². The van der Waals surface area contributed by atoms with E-state index in [1.807, 2.05) is 0 Å². The molecule has 1 N–H and O–H groups in total. The van der Waals surface area contributed by atoms with Gasteiger partial charge in [0.25, 0.3) is 0 Å². The van der Waals surface area contributed by atoms with Crippen molar-refractivity contribution in [2.24, 2.45) is 0 Å². The van der Waals surface area contributed by atoms with E-state index in [0.29, 0.717) is 26.4 Å². The average molecular weight is 414 g/mol. The summed E-state index contributed by atoms with van der Waals surface area (Å²) in [6.07, 6.45) is -0.385. The van der Waals surface area contributed by atoms with Gasteiger partial charge in [0.15, 0.2) is 0 Å². The van der Waals surface area contributed by atoms with Crippen LogP contribution in [-0.4, -0.2) is 96.8 Å². The number of alkyl halides is 1. The number of ether oxygens (including phenoxy) is 6. The Kier molecular flexibility index (Phi) is 17.0. The lowest BCUT2D eigenvalue weighted by molar-refractivity contribution is -0.155. The minimum Gasteiger partial charge on any atom is -0.463 e. The fourth-order valence-corrected chi connectivity index (χ4v) is 1.73. The average Bonchev–Trinajstić information content (AvgIpc) is 2.66. The maximum atomic E-state index is 12.1. The Balaban J connectivity index is 4.22. The van der Waals surface area contributed by atoms with Gasteiger partial charge in [-0.3, -0.25) is 9.59 Å². The Labute approximate surface area is 163 Å². The molecule has 0 aliphatic rings. The molecule has 0 aliphatic carbocycles. The van der Waals surface area contributed by atoms with Crippen molar-refractivity contribution in [3.63, 3.8) is 0 Å². The van der Waals surface area contributed by atoms with Gasteiger partial charge in [0.2, 0.25) is 5.91 Å². The minimum absolute atomic E-state index is 0.0150. The van der Waals surface area contributed by atoms with Gasteiger partial charge in [-0.25, -0.2) is 4.79 Å². The van der Waals surface area contributed by atoms with Crippen LogP contribution in [0.1, 0.15) is 6.42 Å². The zero-order valence-corrected chi connectivity index (χ0v) is 16.5. The molecule has 0 aliphatic heterocycles. The Morgan fingerprint density at radius 1 is 0.815 bits per heavy atom. The molecular formula is C16H28ClNO9. The standard InChI is InChI=1S/C16H28ClNO9/c1-22-3-5-24-7-9-26-15(20)11-13(18-14(19)12-17)16(21)27-10-8-25-6-4-23-2/h13H,3-12H2,1-2H3,(H,18,19)/t13-/m0/s1. The van der Waals surface area contributed by atoms with Gasteiger partial charge in [-0.15, -0.1) is 11.6 Å². The second-order valence-electron chi connectivity index (χ2n) is 5.06. The number of carbonyl (C=O) groups excluding carboxylic acids is 3. The molecule has 0 heterocycles. The molecule has 0 saturated carbocycles. The van der Waals surface area contributed by atoms with E-state index >= 15 is 0 Å². The number of hydrogen-bond acceptors (Lipinski definition) is 9. The van der Waals surface area contributed by atoms with Crippen molar-refractivity contribution >= 4 is 29.4 Å². The maximum Gasteiger partial charge on any atom is 0.329 e. The zero-order chi connectivity index (χ0) is 20.3. The first-order chi connectivity index (χ1) is 13.0. The normalized spacial score (nSPS) is 11.7. The van der Waals surface area contributed by atoms with Crippen molar-refractivity contribution in [1.29, 1.82) is 0 Å². The molecule has 158 valence electrons. The first kappa shape index (κ1) is 25.5. The predicted molar refractivity (Wildman–Crippen MR) is 94.6 cm³/mol. The second kappa shape index (κ2) is 17.9. The van der Waals surface area contributed by atoms with Gasteiger partial charge < -0.3 is 33.7 Å². The molecule has 27 heavy (non-hydrogen) atoms. The van der Waals surface area contributed by atoms with Crippen molar-refractivity contribution in [1.82, 2.24) is 5.32 Å². The van der Waals surface area contributed by atoms with Gasteiger partial charge >= 0.3 is 11.9 Å². The zero-order valence-electron chi connectivity index (χ0n) is 15.7. The monoisotopic (exact) mass is 413 g/mol. The number of halogens is 1. The number of nitrogens with one attached hydrogen (secondary N) is 1. The highest BCUT2D eigenvalue weighted by Gasteiger charge is 2.25. The fraction of sp³-hybridized carbons (Fsp3) is 0.812. The van der Waals surface area contributed by atoms with Crippen molar-refractivity contribution in [2.75, 3.05) is 73.0 Å². The number of carbonyl (C=O) groups is 3. The number of amides is 1.